The van der Waals surface area contributed by atoms with Gasteiger partial charge in [0.05, 0.1) is 12.0 Å². The number of nitrogens with zero attached hydrogens (tertiary/aromatic N) is 2. The number of sulfonamides is 1. The van der Waals surface area contributed by atoms with Gasteiger partial charge in [-0.2, -0.15) is 4.31 Å². The fourth-order valence-electron chi connectivity index (χ4n) is 2.92. The van der Waals surface area contributed by atoms with Gasteiger partial charge in [-0.3, -0.25) is 9.69 Å². The molecule has 1 amide bonds. The first-order chi connectivity index (χ1) is 12.5. The molecule has 1 aliphatic heterocycles. The maximum atomic E-state index is 12.5. The topological polar surface area (TPSA) is 82.9 Å². The van der Waals surface area contributed by atoms with E-state index in [0.29, 0.717) is 26.2 Å². The van der Waals surface area contributed by atoms with Crippen molar-refractivity contribution in [1.82, 2.24) is 14.5 Å². The Balaban J connectivity index is 0.00000261. The lowest BCUT2D eigenvalue weighted by Gasteiger charge is -2.34. The minimum Gasteiger partial charge on any atom is -0.459 e. The van der Waals surface area contributed by atoms with Gasteiger partial charge in [-0.1, -0.05) is 30.3 Å². The summed E-state index contributed by atoms with van der Waals surface area (Å²) in [5.41, 5.74) is 1.23. The number of piperazine rings is 1. The molecule has 3 rings (SSSR count). The van der Waals surface area contributed by atoms with Crippen LogP contribution in [0.15, 0.2) is 53.1 Å². The summed E-state index contributed by atoms with van der Waals surface area (Å²) < 4.78 is 31.4. The van der Waals surface area contributed by atoms with Crippen LogP contribution in [0.3, 0.4) is 0 Å². The Hall–Kier alpha value is -1.87. The Morgan fingerprint density at radius 2 is 1.74 bits per heavy atom. The van der Waals surface area contributed by atoms with Crippen molar-refractivity contribution in [2.24, 2.45) is 0 Å². The number of hydrogen-bond donors (Lipinski definition) is 1. The highest BCUT2D eigenvalue weighted by Gasteiger charge is 2.26. The second-order valence-corrected chi connectivity index (χ2v) is 8.30. The molecule has 0 saturated carbocycles. The van der Waals surface area contributed by atoms with Gasteiger partial charge in [0.1, 0.15) is 0 Å². The molecule has 148 valence electrons. The number of rotatable bonds is 7. The molecule has 1 aliphatic rings. The summed E-state index contributed by atoms with van der Waals surface area (Å²) >= 11 is 0. The van der Waals surface area contributed by atoms with E-state index in [4.69, 9.17) is 4.42 Å². The summed E-state index contributed by atoms with van der Waals surface area (Å²) in [6.45, 7) is 3.24. The minimum absolute atomic E-state index is 0. The summed E-state index contributed by atoms with van der Waals surface area (Å²) in [6.07, 6.45) is 1.40. The smallest absolute Gasteiger partial charge is 0.287 e. The average Bonchev–Trinajstić information content (AvgIpc) is 3.18. The first-order valence-electron chi connectivity index (χ1n) is 8.60. The monoisotopic (exact) mass is 413 g/mol. The van der Waals surface area contributed by atoms with Crippen LogP contribution in [0.1, 0.15) is 16.1 Å². The van der Waals surface area contributed by atoms with Crippen LogP contribution in [-0.2, 0) is 16.6 Å². The van der Waals surface area contributed by atoms with Crippen molar-refractivity contribution < 1.29 is 17.6 Å². The van der Waals surface area contributed by atoms with E-state index in [9.17, 15) is 13.2 Å². The van der Waals surface area contributed by atoms with E-state index in [-0.39, 0.29) is 30.5 Å². The van der Waals surface area contributed by atoms with E-state index < -0.39 is 15.9 Å². The quantitative estimate of drug-likeness (QED) is 0.745. The van der Waals surface area contributed by atoms with Crippen molar-refractivity contribution in [2.45, 2.75) is 6.54 Å². The van der Waals surface area contributed by atoms with E-state index in [2.05, 4.69) is 22.3 Å². The predicted molar refractivity (Wildman–Crippen MR) is 105 cm³/mol. The fraction of sp³-hybridized carbons (Fsp3) is 0.389. The SMILES string of the molecule is Cl.O=C(NCCS(=O)(=O)N1CCN(Cc2ccccc2)CC1)c1ccco1. The summed E-state index contributed by atoms with van der Waals surface area (Å²) in [5.74, 6) is -0.340. The molecule has 0 radical (unpaired) electrons. The van der Waals surface area contributed by atoms with Crippen LogP contribution in [0, 0.1) is 0 Å². The van der Waals surface area contributed by atoms with Gasteiger partial charge in [0.2, 0.25) is 10.0 Å². The number of carbonyl (C=O) groups excluding carboxylic acids is 1. The minimum atomic E-state index is -3.38. The van der Waals surface area contributed by atoms with Gasteiger partial charge in [-0.15, -0.1) is 12.4 Å². The predicted octanol–water partition coefficient (Wildman–Crippen LogP) is 1.58. The normalized spacial score (nSPS) is 15.9. The number of benzene rings is 1. The Kier molecular flexibility index (Phi) is 7.85. The molecule has 2 aromatic rings. The Morgan fingerprint density at radius 3 is 2.37 bits per heavy atom. The van der Waals surface area contributed by atoms with Crippen LogP contribution in [0.2, 0.25) is 0 Å². The Labute approximate surface area is 165 Å². The first-order valence-corrected chi connectivity index (χ1v) is 10.2. The molecule has 1 aromatic carbocycles. The van der Waals surface area contributed by atoms with Crippen LogP contribution in [0.25, 0.3) is 0 Å². The van der Waals surface area contributed by atoms with E-state index >= 15 is 0 Å². The molecule has 0 atom stereocenters. The van der Waals surface area contributed by atoms with Gasteiger partial charge in [0.15, 0.2) is 5.76 Å². The van der Waals surface area contributed by atoms with Crippen molar-refractivity contribution in [3.63, 3.8) is 0 Å². The van der Waals surface area contributed by atoms with Crippen LogP contribution < -0.4 is 5.32 Å². The van der Waals surface area contributed by atoms with Gasteiger partial charge < -0.3 is 9.73 Å². The van der Waals surface area contributed by atoms with E-state index in [0.717, 1.165) is 6.54 Å². The van der Waals surface area contributed by atoms with Crippen LogP contribution >= 0.6 is 12.4 Å². The van der Waals surface area contributed by atoms with E-state index in [1.807, 2.05) is 18.2 Å². The molecule has 0 spiro atoms. The van der Waals surface area contributed by atoms with Crippen molar-refractivity contribution in [3.05, 3.63) is 60.1 Å². The summed E-state index contributed by atoms with van der Waals surface area (Å²) in [7, 11) is -3.38. The maximum Gasteiger partial charge on any atom is 0.287 e. The molecule has 1 aromatic heterocycles. The third kappa shape index (κ3) is 6.07. The van der Waals surface area contributed by atoms with Crippen molar-refractivity contribution in [2.75, 3.05) is 38.5 Å². The van der Waals surface area contributed by atoms with Crippen molar-refractivity contribution in [1.29, 1.82) is 0 Å². The van der Waals surface area contributed by atoms with Crippen molar-refractivity contribution in [3.8, 4) is 0 Å². The zero-order valence-corrected chi connectivity index (χ0v) is 16.5. The number of halogens is 1. The molecular weight excluding hydrogens is 390 g/mol. The Bertz CT molecular complexity index is 804. The lowest BCUT2D eigenvalue weighted by molar-refractivity contribution is 0.0928. The number of nitrogens with one attached hydrogen (secondary N) is 1. The second-order valence-electron chi connectivity index (χ2n) is 6.21. The van der Waals surface area contributed by atoms with Gasteiger partial charge in [0, 0.05) is 39.3 Å². The van der Waals surface area contributed by atoms with Crippen LogP contribution in [-0.4, -0.2) is 62.0 Å². The van der Waals surface area contributed by atoms with Gasteiger partial charge in [-0.25, -0.2) is 8.42 Å². The number of hydrogen-bond acceptors (Lipinski definition) is 5. The van der Waals surface area contributed by atoms with E-state index in [1.54, 1.807) is 6.07 Å². The molecule has 7 nitrogen and oxygen atoms in total. The fourth-order valence-corrected chi connectivity index (χ4v) is 4.26. The number of amides is 1. The second kappa shape index (κ2) is 9.89. The molecule has 9 heteroatoms. The molecule has 1 saturated heterocycles. The number of furan rings is 1. The lowest BCUT2D eigenvalue weighted by Crippen LogP contribution is -2.49. The molecule has 0 bridgehead atoms. The zero-order chi connectivity index (χ0) is 18.4. The van der Waals surface area contributed by atoms with Gasteiger partial charge in [-0.05, 0) is 17.7 Å². The van der Waals surface area contributed by atoms with Crippen LogP contribution in [0.5, 0.6) is 0 Å². The highest BCUT2D eigenvalue weighted by molar-refractivity contribution is 7.89. The summed E-state index contributed by atoms with van der Waals surface area (Å²) in [5, 5.41) is 2.57. The van der Waals surface area contributed by atoms with Crippen LogP contribution in [0.4, 0.5) is 0 Å². The molecule has 0 unspecified atom stereocenters. The number of carbonyl (C=O) groups is 1. The Morgan fingerprint density at radius 1 is 1.04 bits per heavy atom. The van der Waals surface area contributed by atoms with E-state index in [1.165, 1.54) is 22.2 Å². The zero-order valence-electron chi connectivity index (χ0n) is 14.9. The van der Waals surface area contributed by atoms with Crippen molar-refractivity contribution >= 4 is 28.3 Å². The molecule has 1 N–H and O–H groups in total. The first kappa shape index (κ1) is 21.4. The highest BCUT2D eigenvalue weighted by Crippen LogP contribution is 2.11. The summed E-state index contributed by atoms with van der Waals surface area (Å²) in [4.78, 5) is 14.0. The standard InChI is InChI=1S/C18H23N3O4S.ClH/c22-18(17-7-4-13-25-17)19-8-14-26(23,24)21-11-9-20(10-12-21)15-16-5-2-1-3-6-16;/h1-7,13H,8-12,14-15H2,(H,19,22);1H. The highest BCUT2D eigenvalue weighted by atomic mass is 35.5. The molecule has 1 fully saturated rings. The largest absolute Gasteiger partial charge is 0.459 e. The lowest BCUT2D eigenvalue weighted by atomic mass is 10.2. The molecular formula is C18H24ClN3O4S. The maximum absolute atomic E-state index is 12.5. The molecule has 0 aliphatic carbocycles. The molecule has 2 heterocycles. The van der Waals surface area contributed by atoms with Gasteiger partial charge >= 0.3 is 0 Å². The third-order valence-electron chi connectivity index (χ3n) is 4.36. The average molecular weight is 414 g/mol. The van der Waals surface area contributed by atoms with Gasteiger partial charge in [0.25, 0.3) is 5.91 Å². The summed E-state index contributed by atoms with van der Waals surface area (Å²) in [6, 6.07) is 13.3. The molecule has 27 heavy (non-hydrogen) atoms. The third-order valence-corrected chi connectivity index (χ3v) is 6.24.